The van der Waals surface area contributed by atoms with Gasteiger partial charge in [0.1, 0.15) is 14.7 Å². The highest BCUT2D eigenvalue weighted by Gasteiger charge is 2.18. The summed E-state index contributed by atoms with van der Waals surface area (Å²) in [6.45, 7) is -0.206. The molecule has 0 aliphatic rings. The molecule has 9 heteroatoms. The number of nitrogens with one attached hydrogen (secondary N) is 1. The van der Waals surface area contributed by atoms with Crippen LogP contribution in [-0.2, 0) is 19.9 Å². The van der Waals surface area contributed by atoms with Crippen LogP contribution in [0.5, 0.6) is 0 Å². The molecule has 0 unspecified atom stereocenters. The molecule has 102 valence electrons. The summed E-state index contributed by atoms with van der Waals surface area (Å²) in [7, 11) is -7.06. The van der Waals surface area contributed by atoms with Crippen molar-refractivity contribution in [1.29, 1.82) is 0 Å². The fourth-order valence-corrected chi connectivity index (χ4v) is 3.36. The van der Waals surface area contributed by atoms with Crippen LogP contribution in [0.25, 0.3) is 0 Å². The quantitative estimate of drug-likeness (QED) is 0.758. The maximum Gasteiger partial charge on any atom is 0.242 e. The highest BCUT2D eigenvalue weighted by atomic mass is 35.5. The van der Waals surface area contributed by atoms with Gasteiger partial charge in [-0.2, -0.15) is 0 Å². The molecule has 0 radical (unpaired) electrons. The van der Waals surface area contributed by atoms with E-state index in [1.165, 1.54) is 18.2 Å². The largest absolute Gasteiger partial charge is 0.399 e. The van der Waals surface area contributed by atoms with Gasteiger partial charge in [0.05, 0.1) is 10.8 Å². The van der Waals surface area contributed by atoms with Gasteiger partial charge in [-0.3, -0.25) is 0 Å². The van der Waals surface area contributed by atoms with E-state index in [-0.39, 0.29) is 22.2 Å². The lowest BCUT2D eigenvalue weighted by atomic mass is 10.3. The summed E-state index contributed by atoms with van der Waals surface area (Å²) in [5.41, 5.74) is 5.79. The molecule has 0 saturated heterocycles. The Bertz CT molecular complexity index is 641. The minimum Gasteiger partial charge on any atom is -0.399 e. The Kier molecular flexibility index (Phi) is 4.60. The van der Waals surface area contributed by atoms with E-state index in [2.05, 4.69) is 4.72 Å². The molecule has 0 fully saturated rings. The summed E-state index contributed by atoms with van der Waals surface area (Å²) >= 11 is 5.77. The van der Waals surface area contributed by atoms with E-state index in [0.29, 0.717) is 5.69 Å². The average Bonchev–Trinajstić information content (AvgIpc) is 2.13. The van der Waals surface area contributed by atoms with Gasteiger partial charge in [-0.1, -0.05) is 11.6 Å². The molecule has 3 N–H and O–H groups in total. The Hall–Kier alpha value is -0.830. The average molecular weight is 313 g/mol. The SMILES string of the molecule is CS(=O)(=O)CCNS(=O)(=O)c1ccc(N)cc1Cl. The van der Waals surface area contributed by atoms with Crippen LogP contribution in [0.3, 0.4) is 0 Å². The van der Waals surface area contributed by atoms with Gasteiger partial charge >= 0.3 is 0 Å². The first-order chi connectivity index (χ1) is 8.12. The maximum absolute atomic E-state index is 11.8. The monoisotopic (exact) mass is 312 g/mol. The molecule has 0 spiro atoms. The molecule has 0 aromatic heterocycles. The number of rotatable bonds is 5. The van der Waals surface area contributed by atoms with Crippen molar-refractivity contribution in [3.63, 3.8) is 0 Å². The molecule has 0 bridgehead atoms. The number of sulfonamides is 1. The summed E-state index contributed by atoms with van der Waals surface area (Å²) in [6, 6.07) is 3.98. The number of nitrogen functional groups attached to an aromatic ring is 1. The van der Waals surface area contributed by atoms with E-state index >= 15 is 0 Å². The van der Waals surface area contributed by atoms with Crippen LogP contribution >= 0.6 is 11.6 Å². The van der Waals surface area contributed by atoms with Crippen molar-refractivity contribution in [1.82, 2.24) is 4.72 Å². The predicted octanol–water partition coefficient (Wildman–Crippen LogP) is 0.245. The number of nitrogens with two attached hydrogens (primary N) is 1. The smallest absolute Gasteiger partial charge is 0.242 e. The summed E-state index contributed by atoms with van der Waals surface area (Å²) in [5, 5.41) is -0.0122. The highest BCUT2D eigenvalue weighted by Crippen LogP contribution is 2.23. The van der Waals surface area contributed by atoms with Gasteiger partial charge in [0.15, 0.2) is 0 Å². The molecule has 1 rings (SSSR count). The standard InChI is InChI=1S/C9H13ClN2O4S2/c1-17(13,14)5-4-12-18(15,16)9-3-2-7(11)6-8(9)10/h2-3,6,12H,4-5,11H2,1H3. The number of halogens is 1. The van der Waals surface area contributed by atoms with Crippen molar-refractivity contribution in [2.24, 2.45) is 0 Å². The van der Waals surface area contributed by atoms with Gasteiger partial charge in [0, 0.05) is 18.5 Å². The van der Waals surface area contributed by atoms with Gasteiger partial charge in [-0.25, -0.2) is 21.6 Å². The van der Waals surface area contributed by atoms with Crippen molar-refractivity contribution < 1.29 is 16.8 Å². The van der Waals surface area contributed by atoms with E-state index < -0.39 is 19.9 Å². The van der Waals surface area contributed by atoms with E-state index in [4.69, 9.17) is 17.3 Å². The van der Waals surface area contributed by atoms with E-state index in [1.54, 1.807) is 0 Å². The predicted molar refractivity (Wildman–Crippen MR) is 70.8 cm³/mol. The second-order valence-corrected chi connectivity index (χ2v) is 8.12. The minimum atomic E-state index is -3.83. The summed E-state index contributed by atoms with van der Waals surface area (Å²) in [6.07, 6.45) is 1.03. The second kappa shape index (κ2) is 5.43. The normalized spacial score (nSPS) is 12.6. The van der Waals surface area contributed by atoms with Gasteiger partial charge < -0.3 is 5.73 Å². The van der Waals surface area contributed by atoms with E-state index in [0.717, 1.165) is 6.26 Å². The lowest BCUT2D eigenvalue weighted by Crippen LogP contribution is -2.29. The summed E-state index contributed by atoms with van der Waals surface area (Å²) in [5.74, 6) is -0.279. The number of benzene rings is 1. The van der Waals surface area contributed by atoms with Crippen LogP contribution in [-0.4, -0.2) is 35.4 Å². The van der Waals surface area contributed by atoms with E-state index in [1.807, 2.05) is 0 Å². The first-order valence-electron chi connectivity index (χ1n) is 4.84. The highest BCUT2D eigenvalue weighted by molar-refractivity contribution is 7.91. The van der Waals surface area contributed by atoms with Crippen LogP contribution < -0.4 is 10.5 Å². The van der Waals surface area contributed by atoms with Crippen LogP contribution in [0.1, 0.15) is 0 Å². The number of hydrogen-bond acceptors (Lipinski definition) is 5. The second-order valence-electron chi connectivity index (χ2n) is 3.72. The van der Waals surface area contributed by atoms with Gasteiger partial charge in [0.25, 0.3) is 0 Å². The van der Waals surface area contributed by atoms with Gasteiger partial charge in [-0.15, -0.1) is 0 Å². The summed E-state index contributed by atoms with van der Waals surface area (Å²) in [4.78, 5) is -0.133. The van der Waals surface area contributed by atoms with Crippen molar-refractivity contribution in [3.05, 3.63) is 23.2 Å². The van der Waals surface area contributed by atoms with Crippen LogP contribution in [0, 0.1) is 0 Å². The van der Waals surface area contributed by atoms with Crippen molar-refractivity contribution in [3.8, 4) is 0 Å². The lowest BCUT2D eigenvalue weighted by Gasteiger charge is -2.08. The van der Waals surface area contributed by atoms with Crippen LogP contribution in [0.2, 0.25) is 5.02 Å². The summed E-state index contributed by atoms with van der Waals surface area (Å²) < 4.78 is 47.6. The molecule has 0 saturated carbocycles. The Morgan fingerprint density at radius 2 is 1.89 bits per heavy atom. The fraction of sp³-hybridized carbons (Fsp3) is 0.333. The Morgan fingerprint density at radius 1 is 1.28 bits per heavy atom. The zero-order valence-corrected chi connectivity index (χ0v) is 11.9. The molecule has 1 aromatic carbocycles. The molecule has 0 heterocycles. The molecule has 1 aromatic rings. The molecule has 6 nitrogen and oxygen atoms in total. The zero-order chi connectivity index (χ0) is 14.0. The van der Waals surface area contributed by atoms with E-state index in [9.17, 15) is 16.8 Å². The molecule has 0 aliphatic heterocycles. The molecule has 0 atom stereocenters. The molecule has 0 amide bonds. The number of hydrogen-bond donors (Lipinski definition) is 2. The molecule has 0 aliphatic carbocycles. The topological polar surface area (TPSA) is 106 Å². The third kappa shape index (κ3) is 4.45. The minimum absolute atomic E-state index is 0.0122. The van der Waals surface area contributed by atoms with Gasteiger partial charge in [-0.05, 0) is 18.2 Å². The van der Waals surface area contributed by atoms with Crippen LogP contribution in [0.15, 0.2) is 23.1 Å². The van der Waals surface area contributed by atoms with Gasteiger partial charge in [0.2, 0.25) is 10.0 Å². The van der Waals surface area contributed by atoms with Crippen molar-refractivity contribution in [2.75, 3.05) is 24.3 Å². The van der Waals surface area contributed by atoms with Crippen molar-refractivity contribution in [2.45, 2.75) is 4.90 Å². The zero-order valence-electron chi connectivity index (χ0n) is 9.55. The molecular weight excluding hydrogens is 300 g/mol. The number of sulfone groups is 1. The third-order valence-corrected chi connectivity index (χ3v) is 4.90. The molecular formula is C9H13ClN2O4S2. The fourth-order valence-electron chi connectivity index (χ4n) is 1.17. The van der Waals surface area contributed by atoms with Crippen LogP contribution in [0.4, 0.5) is 5.69 Å². The molecule has 18 heavy (non-hydrogen) atoms. The van der Waals surface area contributed by atoms with Crippen molar-refractivity contribution >= 4 is 37.1 Å². The first kappa shape index (κ1) is 15.2. The Labute approximate surface area is 111 Å². The Morgan fingerprint density at radius 3 is 2.39 bits per heavy atom. The Balaban J connectivity index is 2.87. The third-order valence-electron chi connectivity index (χ3n) is 2.01. The number of anilines is 1. The first-order valence-corrected chi connectivity index (χ1v) is 8.76. The lowest BCUT2D eigenvalue weighted by molar-refractivity contribution is 0.582. The maximum atomic E-state index is 11.8.